The lowest BCUT2D eigenvalue weighted by Gasteiger charge is -2.22. The molecule has 2 unspecified atom stereocenters. The molecule has 0 radical (unpaired) electrons. The van der Waals surface area contributed by atoms with Crippen LogP contribution in [0.15, 0.2) is 0 Å². The van der Waals surface area contributed by atoms with Crippen LogP contribution in [0, 0.1) is 0 Å². The molecular weight excluding hydrogens is 418 g/mol. The molecule has 0 saturated heterocycles. The summed E-state index contributed by atoms with van der Waals surface area (Å²) < 4.78 is 34.1. The Bertz CT molecular complexity index is 458. The Balaban J connectivity index is 4.27. The van der Waals surface area contributed by atoms with Crippen molar-refractivity contribution in [2.75, 3.05) is 30.9 Å². The van der Waals surface area contributed by atoms with Crippen LogP contribution in [0.3, 0.4) is 0 Å². The molecule has 0 aliphatic heterocycles. The minimum absolute atomic E-state index is 0.123. The van der Waals surface area contributed by atoms with Gasteiger partial charge in [0.05, 0.1) is 6.61 Å². The van der Waals surface area contributed by atoms with Crippen molar-refractivity contribution in [3.63, 3.8) is 0 Å². The zero-order valence-electron chi connectivity index (χ0n) is 18.0. The van der Waals surface area contributed by atoms with Gasteiger partial charge in [-0.1, -0.05) is 71.6 Å². The van der Waals surface area contributed by atoms with Crippen LogP contribution in [0.1, 0.15) is 84.5 Å². The molecule has 0 bridgehead atoms. The Labute approximate surface area is 176 Å². The summed E-state index contributed by atoms with van der Waals surface area (Å²) >= 11 is 1.64. The highest BCUT2D eigenvalue weighted by Gasteiger charge is 2.26. The molecule has 0 aliphatic rings. The predicted octanol–water partition coefficient (Wildman–Crippen LogP) is 6.45. The first-order valence-electron chi connectivity index (χ1n) is 10.7. The van der Waals surface area contributed by atoms with Crippen LogP contribution in [0.5, 0.6) is 0 Å². The van der Waals surface area contributed by atoms with Gasteiger partial charge < -0.3 is 18.8 Å². The zero-order chi connectivity index (χ0) is 21.3. The first-order chi connectivity index (χ1) is 13.2. The van der Waals surface area contributed by atoms with Crippen LogP contribution < -0.4 is 0 Å². The fourth-order valence-corrected chi connectivity index (χ4v) is 5.61. The monoisotopic (exact) mass is 460 g/mol. The lowest BCUT2D eigenvalue weighted by molar-refractivity contribution is 0.123. The lowest BCUT2D eigenvalue weighted by atomic mass is 10.1. The van der Waals surface area contributed by atoms with E-state index in [1.54, 1.807) is 11.8 Å². The molecule has 0 aromatic rings. The summed E-state index contributed by atoms with van der Waals surface area (Å²) in [5.74, 6) is 1.43. The molecule has 9 heteroatoms. The molecule has 0 aromatic heterocycles. The van der Waals surface area contributed by atoms with Crippen LogP contribution in [0.4, 0.5) is 0 Å². The molecule has 0 fully saturated rings. The van der Waals surface area contributed by atoms with Crippen LogP contribution in [0.2, 0.25) is 0 Å². The number of hydrogen-bond donors (Lipinski definition) is 2. The van der Waals surface area contributed by atoms with Crippen molar-refractivity contribution >= 4 is 27.0 Å². The Morgan fingerprint density at radius 1 is 0.857 bits per heavy atom. The van der Waals surface area contributed by atoms with Crippen molar-refractivity contribution in [2.45, 2.75) is 90.6 Å². The molecule has 0 amide bonds. The second-order valence-electron chi connectivity index (χ2n) is 7.44. The molecule has 0 heterocycles. The molecule has 6 nitrogen and oxygen atoms in total. The number of rotatable bonds is 20. The fraction of sp³-hybridized carbons (Fsp3) is 1.00. The molecular formula is C19H42O6P2S. The van der Waals surface area contributed by atoms with E-state index >= 15 is 0 Å². The maximum Gasteiger partial charge on any atom is 0.328 e. The highest BCUT2D eigenvalue weighted by molar-refractivity contribution is 7.99. The van der Waals surface area contributed by atoms with Crippen LogP contribution in [-0.4, -0.2) is 46.8 Å². The minimum Gasteiger partial charge on any atom is -0.324 e. The normalized spacial score (nSPS) is 17.2. The van der Waals surface area contributed by atoms with Gasteiger partial charge in [-0.05, 0) is 18.6 Å². The first kappa shape index (κ1) is 28.6. The third-order valence-corrected chi connectivity index (χ3v) is 7.63. The van der Waals surface area contributed by atoms with E-state index in [4.69, 9.17) is 9.05 Å². The quantitative estimate of drug-likeness (QED) is 0.159. The van der Waals surface area contributed by atoms with Gasteiger partial charge in [0.1, 0.15) is 6.10 Å². The summed E-state index contributed by atoms with van der Waals surface area (Å²) in [7, 11) is -7.36. The van der Waals surface area contributed by atoms with E-state index < -0.39 is 21.3 Å². The highest BCUT2D eigenvalue weighted by atomic mass is 32.2. The third kappa shape index (κ3) is 19.9. The van der Waals surface area contributed by atoms with E-state index in [0.29, 0.717) is 12.2 Å². The molecule has 28 heavy (non-hydrogen) atoms. The SMILES string of the molecule is CCCCCCCCSC[C@@H](COP(C)(=O)O)OP(=O)(O)CCCCCCC. The van der Waals surface area contributed by atoms with Gasteiger partial charge in [0, 0.05) is 18.6 Å². The van der Waals surface area contributed by atoms with Crippen LogP contribution in [0.25, 0.3) is 0 Å². The van der Waals surface area contributed by atoms with Gasteiger partial charge in [-0.3, -0.25) is 9.13 Å². The smallest absolute Gasteiger partial charge is 0.324 e. The van der Waals surface area contributed by atoms with Crippen LogP contribution in [-0.2, 0) is 18.2 Å². The lowest BCUT2D eigenvalue weighted by Crippen LogP contribution is -2.22. The number of thioether (sulfide) groups is 1. The maximum absolute atomic E-state index is 12.4. The Morgan fingerprint density at radius 2 is 1.39 bits per heavy atom. The summed E-state index contributed by atoms with van der Waals surface area (Å²) in [6.07, 6.45) is 11.7. The summed E-state index contributed by atoms with van der Waals surface area (Å²) in [6.45, 7) is 5.29. The number of unbranched alkanes of at least 4 members (excludes halogenated alkanes) is 9. The summed E-state index contributed by atoms with van der Waals surface area (Å²) in [5, 5.41) is 0. The Morgan fingerprint density at radius 3 is 1.96 bits per heavy atom. The van der Waals surface area contributed by atoms with Gasteiger partial charge in [0.15, 0.2) is 0 Å². The summed E-state index contributed by atoms with van der Waals surface area (Å²) in [5.41, 5.74) is 0. The molecule has 0 aromatic carbocycles. The van der Waals surface area contributed by atoms with Gasteiger partial charge in [-0.2, -0.15) is 11.8 Å². The van der Waals surface area contributed by atoms with Crippen LogP contribution >= 0.6 is 27.0 Å². The standard InChI is InChI=1S/C19H42O6P2S/c1-4-6-8-10-12-14-16-28-18-19(17-24-26(3,20)21)25-27(22,23)15-13-11-9-7-5-2/h19H,4-18H2,1-3H3,(H,20,21)(H,22,23)/t19-/m1/s1. The first-order valence-corrected chi connectivity index (χ1v) is 15.7. The van der Waals surface area contributed by atoms with Crippen molar-refractivity contribution in [3.05, 3.63) is 0 Å². The highest BCUT2D eigenvalue weighted by Crippen LogP contribution is 2.46. The number of hydrogen-bond acceptors (Lipinski definition) is 5. The molecule has 3 atom stereocenters. The molecule has 2 N–H and O–H groups in total. The molecule has 170 valence electrons. The van der Waals surface area contributed by atoms with Crippen molar-refractivity contribution < 1.29 is 28.0 Å². The third-order valence-electron chi connectivity index (χ3n) is 4.30. The van der Waals surface area contributed by atoms with E-state index in [9.17, 15) is 18.9 Å². The maximum atomic E-state index is 12.4. The van der Waals surface area contributed by atoms with Gasteiger partial charge in [-0.25, -0.2) is 0 Å². The van der Waals surface area contributed by atoms with E-state index in [-0.39, 0.29) is 12.8 Å². The van der Waals surface area contributed by atoms with Crippen molar-refractivity contribution in [1.29, 1.82) is 0 Å². The topological polar surface area (TPSA) is 93.1 Å². The van der Waals surface area contributed by atoms with Gasteiger partial charge >= 0.3 is 15.2 Å². The van der Waals surface area contributed by atoms with Gasteiger partial charge in [0.2, 0.25) is 0 Å². The van der Waals surface area contributed by atoms with Crippen molar-refractivity contribution in [2.24, 2.45) is 0 Å². The molecule has 0 rings (SSSR count). The second-order valence-corrected chi connectivity index (χ2v) is 12.4. The van der Waals surface area contributed by atoms with E-state index in [1.807, 2.05) is 0 Å². The van der Waals surface area contributed by atoms with E-state index in [1.165, 1.54) is 32.1 Å². The fourth-order valence-electron chi connectivity index (χ4n) is 2.73. The zero-order valence-corrected chi connectivity index (χ0v) is 20.6. The molecule has 0 saturated carbocycles. The minimum atomic E-state index is -3.72. The summed E-state index contributed by atoms with van der Waals surface area (Å²) in [6, 6.07) is 0. The predicted molar refractivity (Wildman–Crippen MR) is 121 cm³/mol. The Kier molecular flexibility index (Phi) is 17.7. The van der Waals surface area contributed by atoms with E-state index in [0.717, 1.165) is 44.5 Å². The average molecular weight is 461 g/mol. The largest absolute Gasteiger partial charge is 0.328 e. The molecule has 0 aliphatic carbocycles. The Hall–Kier alpha value is 0.650. The molecule has 0 spiro atoms. The van der Waals surface area contributed by atoms with Crippen molar-refractivity contribution in [3.8, 4) is 0 Å². The van der Waals surface area contributed by atoms with Crippen molar-refractivity contribution in [1.82, 2.24) is 0 Å². The average Bonchev–Trinajstić information content (AvgIpc) is 2.60. The van der Waals surface area contributed by atoms with Gasteiger partial charge in [0.25, 0.3) is 0 Å². The second kappa shape index (κ2) is 17.3. The summed E-state index contributed by atoms with van der Waals surface area (Å²) in [4.78, 5) is 19.5. The van der Waals surface area contributed by atoms with Gasteiger partial charge in [-0.15, -0.1) is 0 Å². The van der Waals surface area contributed by atoms with E-state index in [2.05, 4.69) is 13.8 Å².